The number of nitrogens with zero attached hydrogens (tertiary/aromatic N) is 3. The monoisotopic (exact) mass is 317 g/mol. The Kier molecular flexibility index (Phi) is 4.10. The maximum Gasteiger partial charge on any atom is 0.0904 e. The van der Waals surface area contributed by atoms with Gasteiger partial charge in [0.15, 0.2) is 0 Å². The van der Waals surface area contributed by atoms with Gasteiger partial charge in [0.25, 0.3) is 0 Å². The first-order valence-corrected chi connectivity index (χ1v) is 8.00. The second kappa shape index (κ2) is 6.70. The van der Waals surface area contributed by atoms with Crippen LogP contribution in [0.2, 0.25) is 0 Å². The summed E-state index contributed by atoms with van der Waals surface area (Å²) < 4.78 is 0. The molecule has 1 aliphatic heterocycles. The Hall–Kier alpha value is -2.89. The van der Waals surface area contributed by atoms with Gasteiger partial charge in [-0.15, -0.1) is 5.53 Å². The standard InChI is InChI=1S/C19H19N5/c1-3-8-16(9-4-1)19-15-23(17-10-5-2-6-11-17)22-24(21-19)18-12-7-13-20-14-18/h1-14,19,21-22H,15H2. The minimum absolute atomic E-state index is 0.160. The van der Waals surface area contributed by atoms with Crippen molar-refractivity contribution in [2.24, 2.45) is 0 Å². The van der Waals surface area contributed by atoms with Crippen molar-refractivity contribution in [3.05, 3.63) is 90.8 Å². The predicted octanol–water partition coefficient (Wildman–Crippen LogP) is 3.07. The van der Waals surface area contributed by atoms with Crippen LogP contribution in [-0.2, 0) is 0 Å². The molecule has 1 aliphatic rings. The highest BCUT2D eigenvalue weighted by Gasteiger charge is 2.26. The molecule has 1 aromatic heterocycles. The lowest BCUT2D eigenvalue weighted by molar-refractivity contribution is 0.364. The van der Waals surface area contributed by atoms with E-state index >= 15 is 0 Å². The van der Waals surface area contributed by atoms with Gasteiger partial charge >= 0.3 is 0 Å². The molecule has 4 rings (SSSR count). The number of pyridine rings is 1. The van der Waals surface area contributed by atoms with Crippen molar-refractivity contribution in [3.63, 3.8) is 0 Å². The van der Waals surface area contributed by atoms with E-state index in [0.717, 1.165) is 17.9 Å². The molecule has 5 heteroatoms. The minimum Gasteiger partial charge on any atom is -0.288 e. The lowest BCUT2D eigenvalue weighted by Crippen LogP contribution is -2.64. The number of para-hydroxylation sites is 1. The van der Waals surface area contributed by atoms with Crippen LogP contribution in [0.4, 0.5) is 11.4 Å². The van der Waals surface area contributed by atoms with Crippen LogP contribution in [0.1, 0.15) is 11.6 Å². The van der Waals surface area contributed by atoms with Crippen LogP contribution in [0.15, 0.2) is 85.2 Å². The molecule has 24 heavy (non-hydrogen) atoms. The smallest absolute Gasteiger partial charge is 0.0904 e. The minimum atomic E-state index is 0.160. The Bertz CT molecular complexity index is 649. The average molecular weight is 317 g/mol. The van der Waals surface area contributed by atoms with E-state index in [1.165, 1.54) is 5.56 Å². The van der Waals surface area contributed by atoms with Crippen molar-refractivity contribution in [1.82, 2.24) is 15.9 Å². The molecular weight excluding hydrogens is 298 g/mol. The fourth-order valence-electron chi connectivity index (χ4n) is 2.82. The van der Waals surface area contributed by atoms with Crippen LogP contribution in [0, 0.1) is 0 Å². The third-order valence-electron chi connectivity index (χ3n) is 4.04. The van der Waals surface area contributed by atoms with Gasteiger partial charge in [0, 0.05) is 6.20 Å². The van der Waals surface area contributed by atoms with Crippen molar-refractivity contribution >= 4 is 11.4 Å². The van der Waals surface area contributed by atoms with Crippen molar-refractivity contribution in [1.29, 1.82) is 0 Å². The van der Waals surface area contributed by atoms with Crippen molar-refractivity contribution in [3.8, 4) is 0 Å². The first kappa shape index (κ1) is 14.7. The molecule has 0 amide bonds. The molecule has 1 unspecified atom stereocenters. The number of aromatic nitrogens is 1. The zero-order valence-corrected chi connectivity index (χ0v) is 13.2. The highest BCUT2D eigenvalue weighted by Crippen LogP contribution is 2.23. The molecule has 2 N–H and O–H groups in total. The summed E-state index contributed by atoms with van der Waals surface area (Å²) >= 11 is 0. The Morgan fingerprint density at radius 2 is 1.54 bits per heavy atom. The molecule has 0 spiro atoms. The molecule has 2 heterocycles. The van der Waals surface area contributed by atoms with E-state index < -0.39 is 0 Å². The van der Waals surface area contributed by atoms with E-state index in [0.29, 0.717) is 0 Å². The van der Waals surface area contributed by atoms with Gasteiger partial charge in [0.05, 0.1) is 30.2 Å². The molecule has 120 valence electrons. The fraction of sp³-hybridized carbons (Fsp3) is 0.105. The van der Waals surface area contributed by atoms with Gasteiger partial charge < -0.3 is 0 Å². The molecule has 1 fully saturated rings. The average Bonchev–Trinajstić information content (AvgIpc) is 2.70. The van der Waals surface area contributed by atoms with E-state index in [4.69, 9.17) is 0 Å². The lowest BCUT2D eigenvalue weighted by atomic mass is 10.1. The Balaban J connectivity index is 1.66. The molecule has 0 saturated carbocycles. The summed E-state index contributed by atoms with van der Waals surface area (Å²) in [5, 5.41) is 4.06. The first-order valence-electron chi connectivity index (χ1n) is 8.00. The quantitative estimate of drug-likeness (QED) is 0.777. The van der Waals surface area contributed by atoms with Gasteiger partial charge in [-0.2, -0.15) is 0 Å². The number of anilines is 2. The third kappa shape index (κ3) is 3.08. The summed E-state index contributed by atoms with van der Waals surface area (Å²) in [6.45, 7) is 0.810. The molecule has 0 bridgehead atoms. The first-order chi connectivity index (χ1) is 11.9. The van der Waals surface area contributed by atoms with Gasteiger partial charge in [-0.1, -0.05) is 48.5 Å². The van der Waals surface area contributed by atoms with Crippen molar-refractivity contribution in [2.45, 2.75) is 6.04 Å². The summed E-state index contributed by atoms with van der Waals surface area (Å²) in [6.07, 6.45) is 3.60. The molecule has 2 aromatic carbocycles. The molecule has 5 nitrogen and oxygen atoms in total. The van der Waals surface area contributed by atoms with Crippen molar-refractivity contribution in [2.75, 3.05) is 16.7 Å². The molecule has 0 aliphatic carbocycles. The van der Waals surface area contributed by atoms with E-state index in [1.54, 1.807) is 6.20 Å². The second-order valence-electron chi connectivity index (χ2n) is 5.69. The zero-order chi connectivity index (χ0) is 16.2. The summed E-state index contributed by atoms with van der Waals surface area (Å²) in [5.41, 5.74) is 10.2. The molecular formula is C19H19N5. The van der Waals surface area contributed by atoms with Crippen LogP contribution in [-0.4, -0.2) is 11.5 Å². The number of nitrogens with one attached hydrogen (secondary N) is 2. The van der Waals surface area contributed by atoms with Crippen LogP contribution < -0.4 is 21.1 Å². The van der Waals surface area contributed by atoms with Crippen LogP contribution in [0.3, 0.4) is 0 Å². The lowest BCUT2D eigenvalue weighted by Gasteiger charge is -2.43. The number of rotatable bonds is 3. The van der Waals surface area contributed by atoms with Crippen LogP contribution in [0.25, 0.3) is 0 Å². The largest absolute Gasteiger partial charge is 0.288 e. The van der Waals surface area contributed by atoms with Gasteiger partial charge in [0.2, 0.25) is 0 Å². The topological polar surface area (TPSA) is 43.4 Å². The summed E-state index contributed by atoms with van der Waals surface area (Å²) in [4.78, 5) is 4.22. The second-order valence-corrected chi connectivity index (χ2v) is 5.69. The number of benzene rings is 2. The number of hydrazine groups is 3. The highest BCUT2D eigenvalue weighted by atomic mass is 15.9. The van der Waals surface area contributed by atoms with E-state index in [9.17, 15) is 0 Å². The number of hydrogen-bond acceptors (Lipinski definition) is 5. The van der Waals surface area contributed by atoms with E-state index in [1.807, 2.05) is 47.7 Å². The predicted molar refractivity (Wildman–Crippen MR) is 96.0 cm³/mol. The maximum absolute atomic E-state index is 4.22. The normalized spacial score (nSPS) is 17.8. The Labute approximate surface area is 141 Å². The van der Waals surface area contributed by atoms with Gasteiger partial charge in [0.1, 0.15) is 0 Å². The maximum atomic E-state index is 4.22. The Morgan fingerprint density at radius 3 is 2.25 bits per heavy atom. The summed E-state index contributed by atoms with van der Waals surface area (Å²) in [5.74, 6) is 0. The number of hydrogen-bond donors (Lipinski definition) is 2. The highest BCUT2D eigenvalue weighted by molar-refractivity contribution is 5.49. The molecule has 0 radical (unpaired) electrons. The van der Waals surface area contributed by atoms with Gasteiger partial charge in [-0.3, -0.25) is 9.99 Å². The Morgan fingerprint density at radius 1 is 0.833 bits per heavy atom. The zero-order valence-electron chi connectivity index (χ0n) is 13.2. The molecule has 1 saturated heterocycles. The van der Waals surface area contributed by atoms with E-state index in [-0.39, 0.29) is 6.04 Å². The van der Waals surface area contributed by atoms with Crippen LogP contribution in [0.5, 0.6) is 0 Å². The molecule has 3 aromatic rings. The van der Waals surface area contributed by atoms with E-state index in [2.05, 4.69) is 57.4 Å². The van der Waals surface area contributed by atoms with Crippen LogP contribution >= 0.6 is 0 Å². The SMILES string of the molecule is c1ccc(C2CN(c3ccccc3)NN(c3cccnc3)N2)cc1. The third-order valence-corrected chi connectivity index (χ3v) is 4.04. The summed E-state index contributed by atoms with van der Waals surface area (Å²) in [6, 6.07) is 24.9. The molecule has 1 atom stereocenters. The van der Waals surface area contributed by atoms with Gasteiger partial charge in [-0.05, 0) is 29.8 Å². The van der Waals surface area contributed by atoms with Gasteiger partial charge in [-0.25, -0.2) is 10.5 Å². The van der Waals surface area contributed by atoms with Crippen molar-refractivity contribution < 1.29 is 0 Å². The fourth-order valence-corrected chi connectivity index (χ4v) is 2.82. The summed E-state index contributed by atoms with van der Waals surface area (Å²) in [7, 11) is 0.